The highest BCUT2D eigenvalue weighted by molar-refractivity contribution is 7.89. The fourth-order valence-electron chi connectivity index (χ4n) is 2.66. The van der Waals surface area contributed by atoms with Crippen LogP contribution in [0.1, 0.15) is 11.3 Å². The molecule has 32 heavy (non-hydrogen) atoms. The van der Waals surface area contributed by atoms with Crippen molar-refractivity contribution in [3.8, 4) is 0 Å². The van der Waals surface area contributed by atoms with E-state index in [9.17, 15) is 18.0 Å². The molecule has 0 fully saturated rings. The van der Waals surface area contributed by atoms with Gasteiger partial charge in [-0.1, -0.05) is 35.3 Å². The lowest BCUT2D eigenvalue weighted by Gasteiger charge is -2.11. The van der Waals surface area contributed by atoms with Crippen LogP contribution in [0, 0.1) is 6.92 Å². The normalized spacial score (nSPS) is 11.3. The number of aryl methyl sites for hydroxylation is 1. The monoisotopic (exact) mass is 496 g/mol. The number of nitrogens with zero attached hydrogens (tertiary/aromatic N) is 4. The lowest BCUT2D eigenvalue weighted by molar-refractivity contribution is -0.117. The smallest absolute Gasteiger partial charge is 0.287 e. The molecule has 0 bridgehead atoms. The number of nitrogens with one attached hydrogen (secondary N) is 2. The van der Waals surface area contributed by atoms with E-state index in [0.29, 0.717) is 12.0 Å². The quantitative estimate of drug-likeness (QED) is 0.485. The Morgan fingerprint density at radius 2 is 1.97 bits per heavy atom. The molecule has 0 aliphatic rings. The Bertz CT molecular complexity index is 1300. The number of hydrogen-bond acceptors (Lipinski definition) is 7. The van der Waals surface area contributed by atoms with Gasteiger partial charge in [0.05, 0.1) is 11.2 Å². The highest BCUT2D eigenvalue weighted by Crippen LogP contribution is 2.16. The fraction of sp³-hybridized carbons (Fsp3) is 0.211. The Morgan fingerprint density at radius 1 is 1.19 bits per heavy atom. The van der Waals surface area contributed by atoms with E-state index < -0.39 is 28.0 Å². The van der Waals surface area contributed by atoms with E-state index in [0.717, 1.165) is 16.6 Å². The molecule has 1 amide bonds. The summed E-state index contributed by atoms with van der Waals surface area (Å²) in [6, 6.07) is 8.34. The number of anilines is 1. The topological polar surface area (TPSA) is 136 Å². The number of carbonyl (C=O) groups is 1. The number of amides is 1. The van der Waals surface area contributed by atoms with Crippen molar-refractivity contribution in [3.05, 3.63) is 74.4 Å². The van der Waals surface area contributed by atoms with Crippen molar-refractivity contribution in [1.82, 2.24) is 24.5 Å². The van der Waals surface area contributed by atoms with Gasteiger partial charge in [0.15, 0.2) is 5.03 Å². The zero-order valence-corrected chi connectivity index (χ0v) is 19.1. The van der Waals surface area contributed by atoms with Crippen molar-refractivity contribution < 1.29 is 13.2 Å². The first-order valence-corrected chi connectivity index (χ1v) is 11.5. The van der Waals surface area contributed by atoms with E-state index in [4.69, 9.17) is 23.2 Å². The van der Waals surface area contributed by atoms with Crippen molar-refractivity contribution >= 4 is 45.0 Å². The highest BCUT2D eigenvalue weighted by Gasteiger charge is 2.20. The van der Waals surface area contributed by atoms with Gasteiger partial charge in [-0.25, -0.2) is 22.8 Å². The second kappa shape index (κ2) is 10.2. The third-order valence-electron chi connectivity index (χ3n) is 4.21. The number of aromatic nitrogens is 4. The average molecular weight is 497 g/mol. The molecule has 0 aromatic carbocycles. The molecule has 0 unspecified atom stereocenters. The summed E-state index contributed by atoms with van der Waals surface area (Å²) in [4.78, 5) is 32.5. The number of sulfonamides is 1. The number of halogens is 2. The Kier molecular flexibility index (Phi) is 7.56. The minimum absolute atomic E-state index is 0.00110. The van der Waals surface area contributed by atoms with Crippen LogP contribution in [-0.2, 0) is 27.8 Å². The summed E-state index contributed by atoms with van der Waals surface area (Å²) in [6.07, 6.45) is 3.17. The van der Waals surface area contributed by atoms with E-state index in [1.807, 2.05) is 6.07 Å². The lowest BCUT2D eigenvalue weighted by Crippen LogP contribution is -2.30. The first kappa shape index (κ1) is 23.8. The van der Waals surface area contributed by atoms with Gasteiger partial charge in [-0.3, -0.25) is 14.6 Å². The van der Waals surface area contributed by atoms with Gasteiger partial charge in [0.2, 0.25) is 5.91 Å². The van der Waals surface area contributed by atoms with Crippen LogP contribution < -0.4 is 15.6 Å². The molecule has 0 spiro atoms. The van der Waals surface area contributed by atoms with Crippen LogP contribution in [-0.4, -0.2) is 40.6 Å². The lowest BCUT2D eigenvalue weighted by atomic mass is 10.3. The van der Waals surface area contributed by atoms with Crippen molar-refractivity contribution in [2.75, 3.05) is 11.9 Å². The summed E-state index contributed by atoms with van der Waals surface area (Å²) in [5.41, 5.74) is 0.411. The van der Waals surface area contributed by atoms with Crippen LogP contribution in [0.4, 0.5) is 5.82 Å². The Morgan fingerprint density at radius 3 is 2.69 bits per heavy atom. The van der Waals surface area contributed by atoms with Gasteiger partial charge in [0.25, 0.3) is 15.6 Å². The number of pyridine rings is 2. The molecule has 3 heterocycles. The summed E-state index contributed by atoms with van der Waals surface area (Å²) in [5, 5.41) is 5.68. The summed E-state index contributed by atoms with van der Waals surface area (Å²) < 4.78 is 28.7. The molecule has 0 aliphatic carbocycles. The summed E-state index contributed by atoms with van der Waals surface area (Å²) in [7, 11) is -3.94. The number of hydrogen-bond donors (Lipinski definition) is 2. The van der Waals surface area contributed by atoms with Crippen LogP contribution in [0.5, 0.6) is 0 Å². The maximum Gasteiger partial charge on any atom is 0.287 e. The molecule has 3 rings (SSSR count). The van der Waals surface area contributed by atoms with Crippen LogP contribution in [0.15, 0.2) is 52.5 Å². The molecule has 0 saturated heterocycles. The zero-order chi connectivity index (χ0) is 23.3. The van der Waals surface area contributed by atoms with Crippen molar-refractivity contribution in [2.45, 2.75) is 24.9 Å². The first-order chi connectivity index (χ1) is 15.2. The number of rotatable bonds is 8. The molecule has 0 radical (unpaired) electrons. The van der Waals surface area contributed by atoms with Crippen LogP contribution >= 0.6 is 23.2 Å². The van der Waals surface area contributed by atoms with Gasteiger partial charge >= 0.3 is 0 Å². The minimum atomic E-state index is -3.94. The fourth-order valence-corrected chi connectivity index (χ4v) is 4.14. The van der Waals surface area contributed by atoms with Crippen LogP contribution in [0.25, 0.3) is 0 Å². The Hall–Kier alpha value is -2.86. The minimum Gasteiger partial charge on any atom is -0.309 e. The third-order valence-corrected chi connectivity index (χ3v) is 6.46. The van der Waals surface area contributed by atoms with Crippen molar-refractivity contribution in [2.24, 2.45) is 0 Å². The van der Waals surface area contributed by atoms with Gasteiger partial charge in [0.1, 0.15) is 17.4 Å². The van der Waals surface area contributed by atoms with Gasteiger partial charge < -0.3 is 5.32 Å². The SMILES string of the molecule is Cc1ccc(NC(=O)Cn2ncc(Cl)c(Cl)c2=O)nc1S(=O)(=O)NCCc1ccccn1. The molecule has 13 heteroatoms. The second-order valence-electron chi connectivity index (χ2n) is 6.60. The zero-order valence-electron chi connectivity index (χ0n) is 16.7. The molecule has 168 valence electrons. The molecule has 0 saturated carbocycles. The highest BCUT2D eigenvalue weighted by atomic mass is 35.5. The van der Waals surface area contributed by atoms with Gasteiger partial charge in [-0.2, -0.15) is 5.10 Å². The van der Waals surface area contributed by atoms with Crippen molar-refractivity contribution in [3.63, 3.8) is 0 Å². The van der Waals surface area contributed by atoms with E-state index in [-0.39, 0.29) is 27.4 Å². The maximum absolute atomic E-state index is 12.7. The molecule has 2 N–H and O–H groups in total. The molecule has 0 aliphatic heterocycles. The molecule has 3 aromatic rings. The molecule has 10 nitrogen and oxygen atoms in total. The molecular weight excluding hydrogens is 479 g/mol. The van der Waals surface area contributed by atoms with Crippen LogP contribution in [0.2, 0.25) is 10.0 Å². The molecular formula is C19H18Cl2N6O4S. The standard InChI is InChI=1S/C19H18Cl2N6O4S/c1-12-5-6-15(25-16(28)11-27-19(29)17(21)14(20)10-23-27)26-18(12)32(30,31)24-9-7-13-4-2-3-8-22-13/h2-6,8,10,24H,7,9,11H2,1H3,(H,25,26,28). The van der Waals surface area contributed by atoms with Crippen molar-refractivity contribution in [1.29, 1.82) is 0 Å². The predicted octanol–water partition coefficient (Wildman–Crippen LogP) is 1.81. The predicted molar refractivity (Wildman–Crippen MR) is 119 cm³/mol. The first-order valence-electron chi connectivity index (χ1n) is 9.25. The summed E-state index contributed by atoms with van der Waals surface area (Å²) in [6.45, 7) is 1.25. The maximum atomic E-state index is 12.7. The van der Waals surface area contributed by atoms with Gasteiger partial charge in [-0.05, 0) is 30.7 Å². The number of carbonyl (C=O) groups excluding carboxylic acids is 1. The van der Waals surface area contributed by atoms with Gasteiger partial charge in [0, 0.05) is 24.9 Å². The molecule has 3 aromatic heterocycles. The Labute approximate surface area is 193 Å². The van der Waals surface area contributed by atoms with E-state index in [1.165, 1.54) is 12.1 Å². The second-order valence-corrected chi connectivity index (χ2v) is 9.07. The molecule has 0 atom stereocenters. The summed E-state index contributed by atoms with van der Waals surface area (Å²) >= 11 is 11.5. The van der Waals surface area contributed by atoms with Gasteiger partial charge in [-0.15, -0.1) is 0 Å². The van der Waals surface area contributed by atoms with Crippen LogP contribution in [0.3, 0.4) is 0 Å². The van der Waals surface area contributed by atoms with E-state index >= 15 is 0 Å². The van der Waals surface area contributed by atoms with E-state index in [2.05, 4.69) is 25.1 Å². The van der Waals surface area contributed by atoms with E-state index in [1.54, 1.807) is 25.3 Å². The summed E-state index contributed by atoms with van der Waals surface area (Å²) in [5.74, 6) is -0.653. The Balaban J connectivity index is 1.70. The third kappa shape index (κ3) is 5.88. The average Bonchev–Trinajstić information content (AvgIpc) is 2.76. The largest absolute Gasteiger partial charge is 0.309 e.